The number of aromatic nitrogens is 2. The van der Waals surface area contributed by atoms with E-state index in [9.17, 15) is 10.2 Å². The Morgan fingerprint density at radius 2 is 0.867 bits per heavy atom. The van der Waals surface area contributed by atoms with E-state index in [1.807, 2.05) is 48.5 Å². The maximum absolute atomic E-state index is 9.95. The summed E-state index contributed by atoms with van der Waals surface area (Å²) in [6.45, 7) is 0. The van der Waals surface area contributed by atoms with Crippen LogP contribution in [-0.4, -0.2) is 20.2 Å². The molecule has 8 heteroatoms. The van der Waals surface area contributed by atoms with E-state index in [4.69, 9.17) is 0 Å². The zero-order valence-corrected chi connectivity index (χ0v) is 18.8. The standard InChI is InChI=1S/C22H16N2O2.3ClH.Mn/c25-21-7-3-1-5-17(21)15-9-11-19(23-13-15)20-12-10-16(14-24-20)18-6-2-4-8-22(18)26;;;;/h1-14,25-26H;3*1H;/q;;;;+3/p-3. The minimum atomic E-state index is 0. The zero-order chi connectivity index (χ0) is 17.9. The minimum absolute atomic E-state index is 0. The second-order valence-electron chi connectivity index (χ2n) is 5.90. The third kappa shape index (κ3) is 5.88. The monoisotopic (exact) mass is 500 g/mol. The van der Waals surface area contributed by atoms with Gasteiger partial charge in [-0.3, -0.25) is 9.97 Å². The largest absolute Gasteiger partial charge is 3.00 e. The van der Waals surface area contributed by atoms with Crippen molar-refractivity contribution in [2.75, 3.05) is 0 Å². The molecule has 0 unspecified atom stereocenters. The predicted octanol–water partition coefficient (Wildman–Crippen LogP) is -4.10. The first-order valence-electron chi connectivity index (χ1n) is 8.21. The molecule has 2 aromatic carbocycles. The third-order valence-electron chi connectivity index (χ3n) is 4.22. The summed E-state index contributed by atoms with van der Waals surface area (Å²) < 4.78 is 0. The van der Waals surface area contributed by atoms with Crippen LogP contribution in [-0.2, 0) is 17.1 Å². The number of aromatic hydroxyl groups is 2. The molecule has 0 aliphatic rings. The van der Waals surface area contributed by atoms with Crippen LogP contribution in [0.2, 0.25) is 0 Å². The molecule has 0 radical (unpaired) electrons. The SMILES string of the molecule is Oc1ccccc1-c1ccc(-c2ccc(-c3ccccc3O)cn2)nc1.[Cl-].[Cl-].[Cl-].[Mn+3]. The van der Waals surface area contributed by atoms with E-state index >= 15 is 0 Å². The molecule has 0 atom stereocenters. The van der Waals surface area contributed by atoms with Crippen LogP contribution in [0.4, 0.5) is 0 Å². The van der Waals surface area contributed by atoms with Crippen molar-refractivity contribution >= 4 is 0 Å². The van der Waals surface area contributed by atoms with Crippen LogP contribution in [0.15, 0.2) is 85.2 Å². The normalized spacial score (nSPS) is 9.20. The minimum Gasteiger partial charge on any atom is -1.00 e. The van der Waals surface area contributed by atoms with Crippen molar-refractivity contribution in [1.82, 2.24) is 9.97 Å². The first-order valence-corrected chi connectivity index (χ1v) is 8.21. The van der Waals surface area contributed by atoms with Gasteiger partial charge < -0.3 is 47.4 Å². The number of hydrogen-bond donors (Lipinski definition) is 2. The molecule has 0 saturated carbocycles. The van der Waals surface area contributed by atoms with Crippen molar-refractivity contribution in [2.45, 2.75) is 0 Å². The van der Waals surface area contributed by atoms with Crippen molar-refractivity contribution in [2.24, 2.45) is 0 Å². The van der Waals surface area contributed by atoms with Crippen LogP contribution in [0, 0.1) is 0 Å². The van der Waals surface area contributed by atoms with Gasteiger partial charge in [0.15, 0.2) is 0 Å². The molecule has 2 aromatic heterocycles. The molecule has 2 N–H and O–H groups in total. The molecule has 0 saturated heterocycles. The molecule has 2 heterocycles. The smallest absolute Gasteiger partial charge is 1.00 e. The van der Waals surface area contributed by atoms with Crippen molar-refractivity contribution in [3.05, 3.63) is 85.2 Å². The van der Waals surface area contributed by atoms with E-state index < -0.39 is 0 Å². The Kier molecular flexibility index (Phi) is 11.5. The van der Waals surface area contributed by atoms with E-state index in [2.05, 4.69) is 9.97 Å². The second-order valence-corrected chi connectivity index (χ2v) is 5.90. The number of pyridine rings is 2. The van der Waals surface area contributed by atoms with Gasteiger partial charge in [-0.05, 0) is 24.3 Å². The maximum atomic E-state index is 9.95. The summed E-state index contributed by atoms with van der Waals surface area (Å²) >= 11 is 0. The van der Waals surface area contributed by atoms with E-state index in [1.54, 1.807) is 36.7 Å². The first kappa shape index (κ1) is 27.7. The second kappa shape index (κ2) is 12.4. The molecule has 0 aliphatic carbocycles. The van der Waals surface area contributed by atoms with Crippen LogP contribution in [0.3, 0.4) is 0 Å². The van der Waals surface area contributed by atoms with Crippen molar-refractivity contribution in [3.63, 3.8) is 0 Å². The zero-order valence-electron chi connectivity index (χ0n) is 15.4. The Balaban J connectivity index is 0.00000210. The quantitative estimate of drug-likeness (QED) is 0.280. The molecule has 0 fully saturated rings. The number of phenols is 2. The number of rotatable bonds is 3. The van der Waals surface area contributed by atoms with Crippen LogP contribution < -0.4 is 37.2 Å². The molecule has 0 spiro atoms. The molecular formula is C22H16Cl3MnN2O2. The van der Waals surface area contributed by atoms with Gasteiger partial charge in [-0.25, -0.2) is 0 Å². The van der Waals surface area contributed by atoms with Gasteiger partial charge in [0.05, 0.1) is 11.4 Å². The fourth-order valence-electron chi connectivity index (χ4n) is 2.84. The average Bonchev–Trinajstić information content (AvgIpc) is 2.69. The van der Waals surface area contributed by atoms with Gasteiger partial charge in [-0.2, -0.15) is 0 Å². The summed E-state index contributed by atoms with van der Waals surface area (Å²) in [7, 11) is 0. The van der Waals surface area contributed by atoms with Crippen LogP contribution in [0.5, 0.6) is 11.5 Å². The van der Waals surface area contributed by atoms with Crippen LogP contribution in [0.25, 0.3) is 33.6 Å². The van der Waals surface area contributed by atoms with Crippen LogP contribution >= 0.6 is 0 Å². The van der Waals surface area contributed by atoms with Gasteiger partial charge in [0.25, 0.3) is 0 Å². The number of para-hydroxylation sites is 2. The van der Waals surface area contributed by atoms with E-state index in [0.717, 1.165) is 33.6 Å². The molecule has 0 bridgehead atoms. The Hall–Kier alpha value is -2.27. The van der Waals surface area contributed by atoms with E-state index in [-0.39, 0.29) is 65.8 Å². The number of halogens is 3. The summed E-state index contributed by atoms with van der Waals surface area (Å²) in [5, 5.41) is 19.9. The molecule has 0 amide bonds. The molecule has 4 nitrogen and oxygen atoms in total. The number of nitrogens with zero attached hydrogens (tertiary/aromatic N) is 2. The van der Waals surface area contributed by atoms with Gasteiger partial charge >= 0.3 is 17.1 Å². The van der Waals surface area contributed by atoms with Crippen molar-refractivity contribution in [1.29, 1.82) is 0 Å². The molecule has 154 valence electrons. The fraction of sp³-hybridized carbons (Fsp3) is 0. The third-order valence-corrected chi connectivity index (χ3v) is 4.22. The van der Waals surface area contributed by atoms with E-state index in [0.29, 0.717) is 0 Å². The summed E-state index contributed by atoms with van der Waals surface area (Å²) in [6.07, 6.45) is 3.45. The average molecular weight is 502 g/mol. The van der Waals surface area contributed by atoms with Gasteiger partial charge in [-0.1, -0.05) is 48.5 Å². The summed E-state index contributed by atoms with van der Waals surface area (Å²) in [4.78, 5) is 8.93. The van der Waals surface area contributed by atoms with Crippen molar-refractivity contribution < 1.29 is 64.5 Å². The topological polar surface area (TPSA) is 66.2 Å². The molecule has 30 heavy (non-hydrogen) atoms. The Morgan fingerprint density at radius 3 is 1.17 bits per heavy atom. The Bertz CT molecular complexity index is 975. The van der Waals surface area contributed by atoms with Gasteiger partial charge in [0.2, 0.25) is 0 Å². The molecule has 4 rings (SSSR count). The Labute approximate surface area is 204 Å². The summed E-state index contributed by atoms with van der Waals surface area (Å²) in [5.74, 6) is 0.458. The maximum Gasteiger partial charge on any atom is 3.00 e. The van der Waals surface area contributed by atoms with Gasteiger partial charge in [0, 0.05) is 34.6 Å². The molecule has 0 aliphatic heterocycles. The number of phenolic OH excluding ortho intramolecular Hbond substituents is 2. The Morgan fingerprint density at radius 1 is 0.500 bits per heavy atom. The van der Waals surface area contributed by atoms with Crippen LogP contribution in [0.1, 0.15) is 0 Å². The number of hydrogen-bond acceptors (Lipinski definition) is 4. The van der Waals surface area contributed by atoms with Crippen molar-refractivity contribution in [3.8, 4) is 45.1 Å². The number of benzene rings is 2. The summed E-state index contributed by atoms with van der Waals surface area (Å²) in [6, 6.07) is 21.9. The van der Waals surface area contributed by atoms with Gasteiger partial charge in [-0.15, -0.1) is 0 Å². The van der Waals surface area contributed by atoms with Gasteiger partial charge in [0.1, 0.15) is 11.5 Å². The fourth-order valence-corrected chi connectivity index (χ4v) is 2.84. The van der Waals surface area contributed by atoms with E-state index in [1.165, 1.54) is 0 Å². The summed E-state index contributed by atoms with van der Waals surface area (Å²) in [5.41, 5.74) is 4.67. The molecule has 4 aromatic rings. The first-order chi connectivity index (χ1) is 12.7. The predicted molar refractivity (Wildman–Crippen MR) is 102 cm³/mol. The molecular weight excluding hydrogens is 486 g/mol.